The van der Waals surface area contributed by atoms with Crippen molar-refractivity contribution in [1.29, 1.82) is 0 Å². The van der Waals surface area contributed by atoms with Crippen LogP contribution in [0.3, 0.4) is 0 Å². The van der Waals surface area contributed by atoms with E-state index in [4.69, 9.17) is 23.2 Å². The third-order valence-corrected chi connectivity index (χ3v) is 2.69. The van der Waals surface area contributed by atoms with Gasteiger partial charge >= 0.3 is 0 Å². The fraction of sp³-hybridized carbons (Fsp3) is 0.375. The molecule has 0 amide bonds. The number of carbonyl (C=O) groups excluding carboxylic acids is 1. The summed E-state index contributed by atoms with van der Waals surface area (Å²) >= 11 is 11.3. The lowest BCUT2D eigenvalue weighted by Crippen LogP contribution is -2.31. The van der Waals surface area contributed by atoms with Crippen LogP contribution in [0.2, 0.25) is 0 Å². The molecule has 1 aliphatic rings. The first-order valence-electron chi connectivity index (χ1n) is 3.26. The van der Waals surface area contributed by atoms with Crippen molar-refractivity contribution in [2.75, 3.05) is 0 Å². The summed E-state index contributed by atoms with van der Waals surface area (Å²) in [6, 6.07) is 0. The zero-order chi connectivity index (χ0) is 8.48. The molecule has 1 nitrogen and oxygen atoms in total. The minimum absolute atomic E-state index is 0.0463. The molecular weight excluding hydrogens is 183 g/mol. The molecule has 3 heteroatoms. The van der Waals surface area contributed by atoms with Gasteiger partial charge in [-0.2, -0.15) is 0 Å². The smallest absolute Gasteiger partial charge is 0.168 e. The van der Waals surface area contributed by atoms with Crippen molar-refractivity contribution < 1.29 is 4.79 Å². The van der Waals surface area contributed by atoms with Crippen LogP contribution in [0.4, 0.5) is 0 Å². The molecule has 0 aromatic carbocycles. The standard InChI is InChI=1S/C8H8Cl2O/c1-8(7(9)10)5-3-2-4-6(8)11/h2-5,7H,1H3/t8-/m1/s1. The molecule has 0 saturated carbocycles. The van der Waals surface area contributed by atoms with Gasteiger partial charge in [0.1, 0.15) is 4.84 Å². The van der Waals surface area contributed by atoms with Crippen molar-refractivity contribution >= 4 is 29.0 Å². The second-order valence-corrected chi connectivity index (χ2v) is 3.76. The fourth-order valence-electron chi connectivity index (χ4n) is 0.840. The summed E-state index contributed by atoms with van der Waals surface area (Å²) in [5.41, 5.74) is -0.738. The number of alkyl halides is 2. The van der Waals surface area contributed by atoms with Gasteiger partial charge in [-0.15, -0.1) is 23.2 Å². The van der Waals surface area contributed by atoms with Crippen LogP contribution >= 0.6 is 23.2 Å². The van der Waals surface area contributed by atoms with E-state index >= 15 is 0 Å². The molecule has 1 atom stereocenters. The van der Waals surface area contributed by atoms with E-state index in [-0.39, 0.29) is 5.78 Å². The van der Waals surface area contributed by atoms with Crippen LogP contribution in [0.25, 0.3) is 0 Å². The molecule has 60 valence electrons. The lowest BCUT2D eigenvalue weighted by molar-refractivity contribution is -0.120. The summed E-state index contributed by atoms with van der Waals surface area (Å²) in [7, 11) is 0. The van der Waals surface area contributed by atoms with Gasteiger partial charge < -0.3 is 0 Å². The Hall–Kier alpha value is -0.270. The van der Waals surface area contributed by atoms with Crippen LogP contribution in [0.15, 0.2) is 24.3 Å². The first-order valence-corrected chi connectivity index (χ1v) is 4.13. The normalized spacial score (nSPS) is 30.0. The van der Waals surface area contributed by atoms with Gasteiger partial charge in [0.15, 0.2) is 5.78 Å². The van der Waals surface area contributed by atoms with Crippen LogP contribution in [-0.2, 0) is 4.79 Å². The summed E-state index contributed by atoms with van der Waals surface area (Å²) in [5, 5.41) is 0. The SMILES string of the molecule is C[C@@]1(C(Cl)Cl)C=CC=CC1=O. The summed E-state index contributed by atoms with van der Waals surface area (Å²) in [5.74, 6) is -0.0463. The van der Waals surface area contributed by atoms with Gasteiger partial charge in [0.2, 0.25) is 0 Å². The van der Waals surface area contributed by atoms with Gasteiger partial charge in [-0.05, 0) is 13.0 Å². The molecule has 1 rings (SSSR count). The predicted molar refractivity (Wildman–Crippen MR) is 46.9 cm³/mol. The van der Waals surface area contributed by atoms with Crippen molar-refractivity contribution in [3.05, 3.63) is 24.3 Å². The molecule has 0 unspecified atom stereocenters. The van der Waals surface area contributed by atoms with Crippen molar-refractivity contribution in [3.8, 4) is 0 Å². The van der Waals surface area contributed by atoms with E-state index in [1.54, 1.807) is 25.2 Å². The van der Waals surface area contributed by atoms with Gasteiger partial charge in [0, 0.05) is 0 Å². The highest BCUT2D eigenvalue weighted by Gasteiger charge is 2.36. The monoisotopic (exact) mass is 190 g/mol. The minimum atomic E-state index is -0.738. The molecule has 11 heavy (non-hydrogen) atoms. The maximum Gasteiger partial charge on any atom is 0.168 e. The van der Waals surface area contributed by atoms with Gasteiger partial charge in [0.25, 0.3) is 0 Å². The Labute approximate surface area is 75.7 Å². The third-order valence-electron chi connectivity index (χ3n) is 1.79. The van der Waals surface area contributed by atoms with Crippen molar-refractivity contribution in [2.45, 2.75) is 11.8 Å². The molecule has 0 N–H and O–H groups in total. The third kappa shape index (κ3) is 1.49. The van der Waals surface area contributed by atoms with E-state index in [1.807, 2.05) is 0 Å². The Morgan fingerprint density at radius 1 is 1.45 bits per heavy atom. The van der Waals surface area contributed by atoms with Crippen molar-refractivity contribution in [3.63, 3.8) is 0 Å². The van der Waals surface area contributed by atoms with Crippen LogP contribution in [0, 0.1) is 5.41 Å². The average Bonchev–Trinajstić information content (AvgIpc) is 1.95. The second-order valence-electron chi connectivity index (χ2n) is 2.67. The van der Waals surface area contributed by atoms with Gasteiger partial charge in [-0.25, -0.2) is 0 Å². The maximum atomic E-state index is 11.3. The Kier molecular flexibility index (Phi) is 2.40. The van der Waals surface area contributed by atoms with Crippen molar-refractivity contribution in [2.24, 2.45) is 5.41 Å². The number of halogens is 2. The van der Waals surface area contributed by atoms with Crippen LogP contribution in [-0.4, -0.2) is 10.6 Å². The number of rotatable bonds is 1. The van der Waals surface area contributed by atoms with Crippen LogP contribution < -0.4 is 0 Å². The number of hydrogen-bond donors (Lipinski definition) is 0. The highest BCUT2D eigenvalue weighted by molar-refractivity contribution is 6.46. The molecule has 0 spiro atoms. The summed E-state index contributed by atoms with van der Waals surface area (Å²) in [4.78, 5) is 10.6. The van der Waals surface area contributed by atoms with Crippen molar-refractivity contribution in [1.82, 2.24) is 0 Å². The molecule has 0 aliphatic heterocycles. The number of allylic oxidation sites excluding steroid dienone is 4. The molecule has 0 aromatic rings. The van der Waals surface area contributed by atoms with E-state index < -0.39 is 10.3 Å². The van der Waals surface area contributed by atoms with E-state index in [0.29, 0.717) is 0 Å². The molecule has 0 saturated heterocycles. The van der Waals surface area contributed by atoms with E-state index in [2.05, 4.69) is 0 Å². The minimum Gasteiger partial charge on any atom is -0.294 e. The zero-order valence-electron chi connectivity index (χ0n) is 6.05. The Morgan fingerprint density at radius 2 is 2.09 bits per heavy atom. The summed E-state index contributed by atoms with van der Waals surface area (Å²) in [6.07, 6.45) is 6.66. The molecule has 0 heterocycles. The van der Waals surface area contributed by atoms with Gasteiger partial charge in [-0.3, -0.25) is 4.79 Å². The highest BCUT2D eigenvalue weighted by Crippen LogP contribution is 2.33. The predicted octanol–water partition coefficient (Wildman–Crippen LogP) is 2.49. The summed E-state index contributed by atoms with van der Waals surface area (Å²) < 4.78 is 0. The average molecular weight is 191 g/mol. The first-order chi connectivity index (χ1) is 5.07. The van der Waals surface area contributed by atoms with E-state index in [9.17, 15) is 4.79 Å². The van der Waals surface area contributed by atoms with Crippen LogP contribution in [0.5, 0.6) is 0 Å². The van der Waals surface area contributed by atoms with E-state index in [1.165, 1.54) is 6.08 Å². The Balaban J connectivity index is 2.95. The number of carbonyl (C=O) groups is 1. The molecule has 0 aromatic heterocycles. The van der Waals surface area contributed by atoms with E-state index in [0.717, 1.165) is 0 Å². The fourth-order valence-corrected chi connectivity index (χ4v) is 1.20. The molecular formula is C8H8Cl2O. The van der Waals surface area contributed by atoms with Gasteiger partial charge in [0.05, 0.1) is 5.41 Å². The zero-order valence-corrected chi connectivity index (χ0v) is 7.56. The first kappa shape index (κ1) is 8.82. The lowest BCUT2D eigenvalue weighted by atomic mass is 9.84. The molecule has 0 radical (unpaired) electrons. The van der Waals surface area contributed by atoms with Crippen LogP contribution in [0.1, 0.15) is 6.92 Å². The topological polar surface area (TPSA) is 17.1 Å². The highest BCUT2D eigenvalue weighted by atomic mass is 35.5. The number of ketones is 1. The van der Waals surface area contributed by atoms with Gasteiger partial charge in [-0.1, -0.05) is 18.2 Å². The Morgan fingerprint density at radius 3 is 2.45 bits per heavy atom. The number of hydrogen-bond acceptors (Lipinski definition) is 1. The molecule has 0 fully saturated rings. The second kappa shape index (κ2) is 3.00. The largest absolute Gasteiger partial charge is 0.294 e. The summed E-state index contributed by atoms with van der Waals surface area (Å²) in [6.45, 7) is 1.72. The quantitative estimate of drug-likeness (QED) is 0.582. The maximum absolute atomic E-state index is 11.3. The lowest BCUT2D eigenvalue weighted by Gasteiger charge is -2.25. The molecule has 0 bridgehead atoms. The Bertz CT molecular complexity index is 230. The molecule has 1 aliphatic carbocycles.